The minimum absolute atomic E-state index is 0.0210. The second kappa shape index (κ2) is 28.9. The number of carbonyl (C=O) groups excluding carboxylic acids is 2. The molecule has 38 heavy (non-hydrogen) atoms. The molecule has 0 aliphatic rings. The lowest BCUT2D eigenvalue weighted by Gasteiger charge is -2.18. The summed E-state index contributed by atoms with van der Waals surface area (Å²) in [4.78, 5) is 25.8. The predicted molar refractivity (Wildman–Crippen MR) is 164 cm³/mol. The Morgan fingerprint density at radius 3 is 1.26 bits per heavy atom. The van der Waals surface area contributed by atoms with E-state index in [9.17, 15) is 9.59 Å². The van der Waals surface area contributed by atoms with Crippen molar-refractivity contribution < 1.29 is 14.3 Å². The van der Waals surface area contributed by atoms with Crippen LogP contribution in [0.15, 0.2) is 0 Å². The van der Waals surface area contributed by atoms with Crippen LogP contribution < -0.4 is 5.32 Å². The molecule has 0 heterocycles. The number of amides is 1. The van der Waals surface area contributed by atoms with Gasteiger partial charge in [0.25, 0.3) is 0 Å². The summed E-state index contributed by atoms with van der Waals surface area (Å²) in [5.74, 6) is 0.239. The molecule has 0 aliphatic heterocycles. The van der Waals surface area contributed by atoms with Gasteiger partial charge in [-0.15, -0.1) is 0 Å². The van der Waals surface area contributed by atoms with Crippen molar-refractivity contribution in [3.8, 4) is 0 Å². The van der Waals surface area contributed by atoms with Gasteiger partial charge >= 0.3 is 5.97 Å². The van der Waals surface area contributed by atoms with E-state index in [1.807, 2.05) is 0 Å². The van der Waals surface area contributed by atoms with Gasteiger partial charge in [0.15, 0.2) is 0 Å². The monoisotopic (exact) mass is 538 g/mol. The van der Waals surface area contributed by atoms with E-state index in [1.54, 1.807) is 0 Å². The Morgan fingerprint density at radius 1 is 0.500 bits per heavy atom. The summed E-state index contributed by atoms with van der Waals surface area (Å²) >= 11 is 0. The quantitative estimate of drug-likeness (QED) is 0.0762. The van der Waals surface area contributed by atoms with Gasteiger partial charge in [0.05, 0.1) is 12.5 Å². The van der Waals surface area contributed by atoms with Gasteiger partial charge in [-0.3, -0.25) is 9.59 Å². The highest BCUT2D eigenvalue weighted by Gasteiger charge is 2.20. The zero-order valence-corrected chi connectivity index (χ0v) is 26.3. The van der Waals surface area contributed by atoms with E-state index >= 15 is 0 Å². The smallest absolute Gasteiger partial charge is 0.308 e. The largest absolute Gasteiger partial charge is 0.464 e. The van der Waals surface area contributed by atoms with Crippen molar-refractivity contribution in [1.29, 1.82) is 0 Å². The van der Waals surface area contributed by atoms with E-state index in [4.69, 9.17) is 4.74 Å². The van der Waals surface area contributed by atoms with Crippen molar-refractivity contribution in [2.45, 2.75) is 182 Å². The van der Waals surface area contributed by atoms with E-state index in [0.29, 0.717) is 13.2 Å². The summed E-state index contributed by atoms with van der Waals surface area (Å²) in [6.45, 7) is 9.68. The van der Waals surface area contributed by atoms with E-state index in [0.717, 1.165) is 51.4 Å². The van der Waals surface area contributed by atoms with E-state index in [-0.39, 0.29) is 23.7 Å². The second-order valence-electron chi connectivity index (χ2n) is 11.7. The van der Waals surface area contributed by atoms with Gasteiger partial charge in [-0.2, -0.15) is 0 Å². The molecule has 0 aromatic rings. The third-order valence-corrected chi connectivity index (χ3v) is 7.97. The molecule has 1 amide bonds. The number of hydrogen-bond donors (Lipinski definition) is 1. The van der Waals surface area contributed by atoms with Gasteiger partial charge in [0.2, 0.25) is 5.91 Å². The van der Waals surface area contributed by atoms with E-state index < -0.39 is 0 Å². The third-order valence-electron chi connectivity index (χ3n) is 7.97. The molecule has 4 heteroatoms. The Balaban J connectivity index is 4.50. The van der Waals surface area contributed by atoms with Crippen molar-refractivity contribution in [1.82, 2.24) is 5.32 Å². The molecule has 0 saturated carbocycles. The minimum atomic E-state index is -0.0484. The molecule has 1 N–H and O–H groups in total. The van der Waals surface area contributed by atoms with Crippen molar-refractivity contribution in [2.75, 3.05) is 13.2 Å². The van der Waals surface area contributed by atoms with Crippen LogP contribution in [0.4, 0.5) is 0 Å². The lowest BCUT2D eigenvalue weighted by atomic mass is 9.93. The number of carbonyl (C=O) groups is 2. The number of nitrogens with one attached hydrogen (secondary N) is 1. The van der Waals surface area contributed by atoms with Gasteiger partial charge in [-0.05, 0) is 25.7 Å². The molecular weight excluding hydrogens is 470 g/mol. The van der Waals surface area contributed by atoms with Gasteiger partial charge in [0.1, 0.15) is 6.61 Å². The molecule has 0 spiro atoms. The fraction of sp³-hybridized carbons (Fsp3) is 0.941. The first-order chi connectivity index (χ1) is 18.6. The standard InChI is InChI=1S/C34H67NO3/c1-5-9-13-17-20-24-28-32(27-21-16-12-8-4)34(37)38-30-29-35-33(36)31(25-22-18-14-10-6-2)26-23-19-15-11-7-3/h31-32H,5-30H2,1-4H3,(H,35,36). The summed E-state index contributed by atoms with van der Waals surface area (Å²) in [6, 6.07) is 0. The molecule has 0 aromatic heterocycles. The SMILES string of the molecule is CCCCCCCCC(CCCCCC)C(=O)OCCNC(=O)C(CCCCCCC)CCCCCCC. The van der Waals surface area contributed by atoms with Crippen molar-refractivity contribution in [3.63, 3.8) is 0 Å². The number of unbranched alkanes of at least 4 members (excludes halogenated alkanes) is 16. The highest BCUT2D eigenvalue weighted by atomic mass is 16.5. The molecular formula is C34H67NO3. The maximum absolute atomic E-state index is 13.0. The van der Waals surface area contributed by atoms with Crippen LogP contribution in [0.25, 0.3) is 0 Å². The molecule has 0 rings (SSSR count). The first-order valence-electron chi connectivity index (χ1n) is 17.0. The summed E-state index contributed by atoms with van der Waals surface area (Å²) in [5.41, 5.74) is 0. The molecule has 0 aliphatic carbocycles. The molecule has 0 saturated heterocycles. The molecule has 226 valence electrons. The van der Waals surface area contributed by atoms with Crippen molar-refractivity contribution in [2.24, 2.45) is 11.8 Å². The lowest BCUT2D eigenvalue weighted by molar-refractivity contribution is -0.149. The fourth-order valence-corrected chi connectivity index (χ4v) is 5.35. The third kappa shape index (κ3) is 22.9. The molecule has 0 aromatic carbocycles. The number of ether oxygens (including phenoxy) is 1. The highest BCUT2D eigenvalue weighted by molar-refractivity contribution is 5.78. The molecule has 1 atom stereocenters. The zero-order valence-electron chi connectivity index (χ0n) is 26.3. The Hall–Kier alpha value is -1.06. The highest BCUT2D eigenvalue weighted by Crippen LogP contribution is 2.21. The Morgan fingerprint density at radius 2 is 0.842 bits per heavy atom. The first-order valence-corrected chi connectivity index (χ1v) is 17.0. The Bertz CT molecular complexity index is 508. The zero-order chi connectivity index (χ0) is 28.1. The van der Waals surface area contributed by atoms with Crippen molar-refractivity contribution >= 4 is 11.9 Å². The van der Waals surface area contributed by atoms with Crippen LogP contribution >= 0.6 is 0 Å². The van der Waals surface area contributed by atoms with Crippen molar-refractivity contribution in [3.05, 3.63) is 0 Å². The normalized spacial score (nSPS) is 12.1. The van der Waals surface area contributed by atoms with Crippen LogP contribution in [0.1, 0.15) is 182 Å². The van der Waals surface area contributed by atoms with Gasteiger partial charge < -0.3 is 10.1 Å². The van der Waals surface area contributed by atoms with Crippen LogP contribution in [0, 0.1) is 11.8 Å². The maximum atomic E-state index is 13.0. The summed E-state index contributed by atoms with van der Waals surface area (Å²) in [5, 5.41) is 3.10. The summed E-state index contributed by atoms with van der Waals surface area (Å²) < 4.78 is 5.68. The summed E-state index contributed by atoms with van der Waals surface area (Å²) in [7, 11) is 0. The molecule has 1 unspecified atom stereocenters. The Labute approximate surface area is 238 Å². The molecule has 0 radical (unpaired) electrons. The van der Waals surface area contributed by atoms with E-state index in [1.165, 1.54) is 103 Å². The van der Waals surface area contributed by atoms with Crippen LogP contribution in [-0.4, -0.2) is 25.0 Å². The van der Waals surface area contributed by atoms with Crippen LogP contribution in [-0.2, 0) is 14.3 Å². The fourth-order valence-electron chi connectivity index (χ4n) is 5.35. The second-order valence-corrected chi connectivity index (χ2v) is 11.7. The van der Waals surface area contributed by atoms with Gasteiger partial charge in [0, 0.05) is 5.92 Å². The number of rotatable bonds is 29. The lowest BCUT2D eigenvalue weighted by Crippen LogP contribution is -2.34. The summed E-state index contributed by atoms with van der Waals surface area (Å²) in [6.07, 6.45) is 28.5. The average Bonchev–Trinajstić information content (AvgIpc) is 2.92. The van der Waals surface area contributed by atoms with E-state index in [2.05, 4.69) is 33.0 Å². The Kier molecular flexibility index (Phi) is 28.1. The predicted octanol–water partition coefficient (Wildman–Crippen LogP) is 10.3. The topological polar surface area (TPSA) is 55.4 Å². The van der Waals surface area contributed by atoms with Gasteiger partial charge in [-0.25, -0.2) is 0 Å². The molecule has 0 bridgehead atoms. The average molecular weight is 538 g/mol. The van der Waals surface area contributed by atoms with Crippen LogP contribution in [0.2, 0.25) is 0 Å². The van der Waals surface area contributed by atoms with Gasteiger partial charge in [-0.1, -0.05) is 156 Å². The number of hydrogen-bond acceptors (Lipinski definition) is 3. The van der Waals surface area contributed by atoms with Crippen LogP contribution in [0.3, 0.4) is 0 Å². The first kappa shape index (κ1) is 36.9. The molecule has 4 nitrogen and oxygen atoms in total. The maximum Gasteiger partial charge on any atom is 0.308 e. The minimum Gasteiger partial charge on any atom is -0.464 e. The molecule has 0 fully saturated rings. The number of esters is 1. The van der Waals surface area contributed by atoms with Crippen LogP contribution in [0.5, 0.6) is 0 Å².